The fourth-order valence-electron chi connectivity index (χ4n) is 4.02. The molecule has 0 radical (unpaired) electrons. The average Bonchev–Trinajstić information content (AvgIpc) is 3.23. The molecule has 0 unspecified atom stereocenters. The van der Waals surface area contributed by atoms with Crippen LogP contribution < -0.4 is 4.74 Å². The highest BCUT2D eigenvalue weighted by Crippen LogP contribution is 2.40. The minimum Gasteiger partial charge on any atom is -0.489 e. The van der Waals surface area contributed by atoms with Crippen LogP contribution in [0, 0.1) is 0 Å². The third-order valence-electron chi connectivity index (χ3n) is 5.56. The van der Waals surface area contributed by atoms with Crippen LogP contribution in [-0.2, 0) is 11.4 Å². The van der Waals surface area contributed by atoms with E-state index < -0.39 is 18.1 Å². The van der Waals surface area contributed by atoms with Gasteiger partial charge >= 0.3 is 5.97 Å². The van der Waals surface area contributed by atoms with Crippen molar-refractivity contribution in [1.29, 1.82) is 0 Å². The van der Waals surface area contributed by atoms with E-state index in [4.69, 9.17) is 27.9 Å². The normalized spacial score (nSPS) is 17.9. The van der Waals surface area contributed by atoms with E-state index in [1.807, 2.05) is 36.4 Å². The summed E-state index contributed by atoms with van der Waals surface area (Å²) in [6, 6.07) is 20.0. The molecule has 0 bridgehead atoms. The van der Waals surface area contributed by atoms with Gasteiger partial charge in [0.15, 0.2) is 0 Å². The number of hydrogen-bond acceptors (Lipinski definition) is 3. The van der Waals surface area contributed by atoms with E-state index >= 15 is 0 Å². The number of aliphatic carboxylic acids is 1. The van der Waals surface area contributed by atoms with E-state index in [1.165, 1.54) is 4.90 Å². The summed E-state index contributed by atoms with van der Waals surface area (Å²) in [6.07, 6.45) is 0.908. The maximum Gasteiger partial charge on any atom is 0.326 e. The molecule has 0 aromatic heterocycles. The predicted molar refractivity (Wildman–Crippen MR) is 123 cm³/mol. The van der Waals surface area contributed by atoms with Gasteiger partial charge in [0, 0.05) is 15.6 Å². The minimum atomic E-state index is -1.02. The molecule has 32 heavy (non-hydrogen) atoms. The molecule has 1 amide bonds. The van der Waals surface area contributed by atoms with Gasteiger partial charge < -0.3 is 14.7 Å². The van der Waals surface area contributed by atoms with E-state index in [2.05, 4.69) is 0 Å². The SMILES string of the molecule is O=C(O)[C@@H]1CC[C@H](c2ccccc2Cl)N1C(=O)c1ccc(OCc2cccc(Cl)c2)cc1. The van der Waals surface area contributed by atoms with E-state index in [-0.39, 0.29) is 5.91 Å². The topological polar surface area (TPSA) is 66.8 Å². The van der Waals surface area contributed by atoms with Crippen molar-refractivity contribution >= 4 is 35.1 Å². The zero-order valence-electron chi connectivity index (χ0n) is 17.1. The molecule has 1 aliphatic rings. The lowest BCUT2D eigenvalue weighted by Gasteiger charge is -2.29. The standard InChI is InChI=1S/C25H21Cl2NO4/c26-18-5-3-4-16(14-18)15-32-19-10-8-17(9-11-19)24(29)28-22(12-13-23(28)25(30)31)20-6-1-2-7-21(20)27/h1-11,14,22-23H,12-13,15H2,(H,30,31)/t22-,23+/m1/s1. The van der Waals surface area contributed by atoms with Crippen molar-refractivity contribution in [2.75, 3.05) is 0 Å². The first kappa shape index (κ1) is 22.2. The van der Waals surface area contributed by atoms with E-state index in [9.17, 15) is 14.7 Å². The Labute approximate surface area is 196 Å². The molecule has 0 aliphatic carbocycles. The molecule has 1 aliphatic heterocycles. The Bertz CT molecular complexity index is 1130. The molecule has 4 rings (SSSR count). The second-order valence-electron chi connectivity index (χ2n) is 7.62. The summed E-state index contributed by atoms with van der Waals surface area (Å²) in [7, 11) is 0. The summed E-state index contributed by atoms with van der Waals surface area (Å²) in [5.41, 5.74) is 2.08. The van der Waals surface area contributed by atoms with Gasteiger partial charge in [-0.3, -0.25) is 4.79 Å². The Morgan fingerprint density at radius 1 is 0.969 bits per heavy atom. The maximum absolute atomic E-state index is 13.3. The quantitative estimate of drug-likeness (QED) is 0.480. The van der Waals surface area contributed by atoms with Crippen LogP contribution in [-0.4, -0.2) is 27.9 Å². The lowest BCUT2D eigenvalue weighted by molar-refractivity contribution is -0.141. The monoisotopic (exact) mass is 469 g/mol. The van der Waals surface area contributed by atoms with Gasteiger partial charge in [0.2, 0.25) is 0 Å². The molecular formula is C25H21Cl2NO4. The van der Waals surface area contributed by atoms with Crippen molar-refractivity contribution in [1.82, 2.24) is 4.90 Å². The molecule has 1 N–H and O–H groups in total. The maximum atomic E-state index is 13.3. The minimum absolute atomic E-state index is 0.343. The van der Waals surface area contributed by atoms with Gasteiger partial charge in [-0.1, -0.05) is 53.5 Å². The summed E-state index contributed by atoms with van der Waals surface area (Å²) in [5, 5.41) is 10.9. The first-order chi connectivity index (χ1) is 15.4. The van der Waals surface area contributed by atoms with Gasteiger partial charge in [0.05, 0.1) is 6.04 Å². The summed E-state index contributed by atoms with van der Waals surface area (Å²) in [4.78, 5) is 26.6. The molecule has 3 aromatic carbocycles. The van der Waals surface area contributed by atoms with E-state index in [0.717, 1.165) is 11.1 Å². The molecule has 7 heteroatoms. The lowest BCUT2D eigenvalue weighted by atomic mass is 10.0. The highest BCUT2D eigenvalue weighted by Gasteiger charge is 2.42. The summed E-state index contributed by atoms with van der Waals surface area (Å²) in [5.74, 6) is -0.768. The largest absolute Gasteiger partial charge is 0.489 e. The van der Waals surface area contributed by atoms with Crippen LogP contribution in [0.2, 0.25) is 10.0 Å². The third-order valence-corrected chi connectivity index (χ3v) is 6.14. The second-order valence-corrected chi connectivity index (χ2v) is 8.47. The van der Waals surface area contributed by atoms with Crippen LogP contribution in [0.25, 0.3) is 0 Å². The molecule has 1 heterocycles. The average molecular weight is 470 g/mol. The van der Waals surface area contributed by atoms with Gasteiger partial charge in [0.25, 0.3) is 5.91 Å². The van der Waals surface area contributed by atoms with Crippen molar-refractivity contribution in [3.63, 3.8) is 0 Å². The van der Waals surface area contributed by atoms with E-state index in [0.29, 0.717) is 40.8 Å². The fraction of sp³-hybridized carbons (Fsp3) is 0.200. The number of rotatable bonds is 6. The second kappa shape index (κ2) is 9.63. The molecule has 5 nitrogen and oxygen atoms in total. The van der Waals surface area contributed by atoms with Gasteiger partial charge in [-0.15, -0.1) is 0 Å². The zero-order chi connectivity index (χ0) is 22.7. The fourth-order valence-corrected chi connectivity index (χ4v) is 4.50. The molecule has 3 aromatic rings. The van der Waals surface area contributed by atoms with Crippen molar-refractivity contribution in [3.05, 3.63) is 99.5 Å². The third kappa shape index (κ3) is 4.74. The molecule has 1 saturated heterocycles. The zero-order valence-corrected chi connectivity index (χ0v) is 18.6. The molecule has 164 valence electrons. The lowest BCUT2D eigenvalue weighted by Crippen LogP contribution is -2.41. The summed E-state index contributed by atoms with van der Waals surface area (Å²) in [6.45, 7) is 0.343. The van der Waals surface area contributed by atoms with Gasteiger partial charge in [-0.05, 0) is 66.4 Å². The highest BCUT2D eigenvalue weighted by molar-refractivity contribution is 6.31. The van der Waals surface area contributed by atoms with Gasteiger partial charge in [-0.25, -0.2) is 4.79 Å². The Balaban J connectivity index is 1.53. The number of hydrogen-bond donors (Lipinski definition) is 1. The number of nitrogens with zero attached hydrogens (tertiary/aromatic N) is 1. The first-order valence-corrected chi connectivity index (χ1v) is 11.0. The Morgan fingerprint density at radius 2 is 1.72 bits per heavy atom. The van der Waals surface area contributed by atoms with Crippen LogP contribution in [0.15, 0.2) is 72.8 Å². The van der Waals surface area contributed by atoms with Crippen molar-refractivity contribution in [2.24, 2.45) is 0 Å². The number of likely N-dealkylation sites (tertiary alicyclic amines) is 1. The van der Waals surface area contributed by atoms with Crippen LogP contribution in [0.3, 0.4) is 0 Å². The van der Waals surface area contributed by atoms with Crippen LogP contribution >= 0.6 is 23.2 Å². The van der Waals surface area contributed by atoms with Crippen molar-refractivity contribution < 1.29 is 19.4 Å². The molecule has 2 atom stereocenters. The van der Waals surface area contributed by atoms with Crippen LogP contribution in [0.5, 0.6) is 5.75 Å². The molecular weight excluding hydrogens is 449 g/mol. The van der Waals surface area contributed by atoms with Crippen molar-refractivity contribution in [3.8, 4) is 5.75 Å². The van der Waals surface area contributed by atoms with Crippen molar-refractivity contribution in [2.45, 2.75) is 31.5 Å². The van der Waals surface area contributed by atoms with Crippen LogP contribution in [0.1, 0.15) is 40.4 Å². The number of carbonyl (C=O) groups is 2. The Hall–Kier alpha value is -3.02. The number of carboxylic acids is 1. The summed E-state index contributed by atoms with van der Waals surface area (Å²) >= 11 is 12.3. The number of ether oxygens (including phenoxy) is 1. The predicted octanol–water partition coefficient (Wildman–Crippen LogP) is 6.00. The first-order valence-electron chi connectivity index (χ1n) is 10.2. The highest BCUT2D eigenvalue weighted by atomic mass is 35.5. The van der Waals surface area contributed by atoms with Gasteiger partial charge in [0.1, 0.15) is 18.4 Å². The number of halogens is 2. The van der Waals surface area contributed by atoms with Crippen LogP contribution in [0.4, 0.5) is 0 Å². The Morgan fingerprint density at radius 3 is 2.41 bits per heavy atom. The van der Waals surface area contributed by atoms with E-state index in [1.54, 1.807) is 36.4 Å². The number of amides is 1. The molecule has 1 fully saturated rings. The Kier molecular flexibility index (Phi) is 6.68. The molecule has 0 saturated carbocycles. The smallest absolute Gasteiger partial charge is 0.326 e. The number of carboxylic acid groups (broad SMARTS) is 1. The molecule has 0 spiro atoms. The number of carbonyl (C=O) groups excluding carboxylic acids is 1. The van der Waals surface area contributed by atoms with Gasteiger partial charge in [-0.2, -0.15) is 0 Å². The number of benzene rings is 3. The summed E-state index contributed by atoms with van der Waals surface area (Å²) < 4.78 is 5.78.